The van der Waals surface area contributed by atoms with Crippen molar-refractivity contribution in [3.05, 3.63) is 0 Å². The Hall–Kier alpha value is 0.0200. The number of rotatable bonds is 2. The molecule has 1 saturated heterocycles. The van der Waals surface area contributed by atoms with Crippen molar-refractivity contribution in [2.24, 2.45) is 0 Å². The first-order chi connectivity index (χ1) is 4.99. The van der Waals surface area contributed by atoms with Gasteiger partial charge in [0.2, 0.25) is 0 Å². The number of hydrogen-bond donors (Lipinski definition) is 1. The summed E-state index contributed by atoms with van der Waals surface area (Å²) in [5, 5.41) is 0. The van der Waals surface area contributed by atoms with Crippen LogP contribution in [0.3, 0.4) is 0 Å². The van der Waals surface area contributed by atoms with Crippen molar-refractivity contribution in [2.75, 3.05) is 11.5 Å². The lowest BCUT2D eigenvalue weighted by Gasteiger charge is -2.11. The van der Waals surface area contributed by atoms with Gasteiger partial charge in [0.05, 0.1) is 11.5 Å². The molecule has 1 N–H and O–H groups in total. The predicted octanol–water partition coefficient (Wildman–Crippen LogP) is -1.44. The zero-order valence-corrected chi connectivity index (χ0v) is 7.28. The van der Waals surface area contributed by atoms with E-state index in [9.17, 15) is 17.2 Å². The molecule has 0 saturated carbocycles. The second-order valence-corrected chi connectivity index (χ2v) is 5.39. The van der Waals surface area contributed by atoms with Gasteiger partial charge in [-0.1, -0.05) is 0 Å². The van der Waals surface area contributed by atoms with Gasteiger partial charge >= 0.3 is 0 Å². The van der Waals surface area contributed by atoms with Crippen molar-refractivity contribution in [1.29, 1.82) is 0 Å². The first-order valence-electron chi connectivity index (χ1n) is 3.05. The van der Waals surface area contributed by atoms with Crippen molar-refractivity contribution in [1.82, 2.24) is 4.72 Å². The Morgan fingerprint density at radius 2 is 2.18 bits per heavy atom. The summed E-state index contributed by atoms with van der Waals surface area (Å²) in [5.74, 6) is 0.0167. The molecule has 66 valence electrons. The van der Waals surface area contributed by atoms with Crippen LogP contribution in [0.2, 0.25) is 0 Å². The molecule has 11 heavy (non-hydrogen) atoms. The summed E-state index contributed by atoms with van der Waals surface area (Å²) in [6.45, 7) is 0. The van der Waals surface area contributed by atoms with Crippen LogP contribution < -0.4 is 4.72 Å². The van der Waals surface area contributed by atoms with Gasteiger partial charge in [0, 0.05) is 17.3 Å². The van der Waals surface area contributed by atoms with E-state index in [1.165, 1.54) is 0 Å². The van der Waals surface area contributed by atoms with Crippen molar-refractivity contribution in [3.63, 3.8) is 0 Å². The van der Waals surface area contributed by atoms with Gasteiger partial charge in [0.15, 0.2) is 9.84 Å². The molecule has 1 heterocycles. The molecule has 2 unspecified atom stereocenters. The summed E-state index contributed by atoms with van der Waals surface area (Å²) in [5.41, 5.74) is 0. The topological polar surface area (TPSA) is 86.3 Å². The number of hydrogen-bond acceptors (Lipinski definition) is 4. The van der Waals surface area contributed by atoms with Gasteiger partial charge in [-0.25, -0.2) is 13.1 Å². The van der Waals surface area contributed by atoms with Crippen molar-refractivity contribution in [2.45, 2.75) is 12.5 Å². The Labute approximate surface area is 67.5 Å². The molecule has 0 aromatic heterocycles. The van der Waals surface area contributed by atoms with E-state index in [-0.39, 0.29) is 11.5 Å². The Morgan fingerprint density at radius 3 is 2.55 bits per heavy atom. The molecule has 0 aliphatic carbocycles. The summed E-state index contributed by atoms with van der Waals surface area (Å²) in [4.78, 5) is 0. The van der Waals surface area contributed by atoms with E-state index >= 15 is 0 Å². The molecule has 1 fully saturated rings. The first kappa shape index (κ1) is 9.11. The maximum Gasteiger partial charge on any atom is 0.151 e. The minimum Gasteiger partial charge on any atom is -0.760 e. The fourth-order valence-electron chi connectivity index (χ4n) is 1.02. The van der Waals surface area contributed by atoms with Gasteiger partial charge in [0.25, 0.3) is 0 Å². The van der Waals surface area contributed by atoms with Crippen LogP contribution in [0.5, 0.6) is 0 Å². The summed E-state index contributed by atoms with van der Waals surface area (Å²) in [7, 11) is -2.98. The van der Waals surface area contributed by atoms with Crippen LogP contribution in [-0.4, -0.2) is 34.7 Å². The second-order valence-electron chi connectivity index (χ2n) is 2.45. The molecule has 0 amide bonds. The Kier molecular flexibility index (Phi) is 2.63. The van der Waals surface area contributed by atoms with Crippen LogP contribution in [0.1, 0.15) is 6.42 Å². The Morgan fingerprint density at radius 1 is 1.55 bits per heavy atom. The predicted molar refractivity (Wildman–Crippen MR) is 39.1 cm³/mol. The second kappa shape index (κ2) is 3.18. The third-order valence-corrected chi connectivity index (χ3v) is 3.79. The summed E-state index contributed by atoms with van der Waals surface area (Å²) < 4.78 is 43.8. The third-order valence-electron chi connectivity index (χ3n) is 1.50. The maximum atomic E-state index is 10.8. The molecular formula is C4H8NO4S2-. The molecule has 0 aromatic carbocycles. The monoisotopic (exact) mass is 198 g/mol. The van der Waals surface area contributed by atoms with Crippen LogP contribution >= 0.6 is 0 Å². The third kappa shape index (κ3) is 2.86. The van der Waals surface area contributed by atoms with Gasteiger partial charge in [0.1, 0.15) is 0 Å². The SMILES string of the molecule is O=S([O-])NC1CCS(=O)(=O)C1. The lowest BCUT2D eigenvalue weighted by molar-refractivity contribution is 0.509. The maximum absolute atomic E-state index is 10.8. The largest absolute Gasteiger partial charge is 0.760 e. The summed E-state index contributed by atoms with van der Waals surface area (Å²) in [6, 6.07) is -0.418. The highest BCUT2D eigenvalue weighted by Gasteiger charge is 2.27. The minimum atomic E-state index is -2.98. The lowest BCUT2D eigenvalue weighted by atomic mass is 10.3. The van der Waals surface area contributed by atoms with E-state index in [4.69, 9.17) is 0 Å². The minimum absolute atomic E-state index is 0.0685. The van der Waals surface area contributed by atoms with Gasteiger partial charge in [-0.15, -0.1) is 0 Å². The normalized spacial score (nSPS) is 31.9. The first-order valence-corrected chi connectivity index (χ1v) is 5.95. The van der Waals surface area contributed by atoms with E-state index in [1.807, 2.05) is 0 Å². The summed E-state index contributed by atoms with van der Waals surface area (Å²) >= 11 is -2.35. The highest BCUT2D eigenvalue weighted by molar-refractivity contribution is 7.91. The number of nitrogens with one attached hydrogen (secondary N) is 1. The molecule has 0 radical (unpaired) electrons. The fourth-order valence-corrected chi connectivity index (χ4v) is 3.28. The fraction of sp³-hybridized carbons (Fsp3) is 1.00. The van der Waals surface area contributed by atoms with E-state index in [1.54, 1.807) is 0 Å². The highest BCUT2D eigenvalue weighted by atomic mass is 32.2. The van der Waals surface area contributed by atoms with Crippen LogP contribution in [-0.2, 0) is 21.1 Å². The lowest BCUT2D eigenvalue weighted by Crippen LogP contribution is -2.31. The van der Waals surface area contributed by atoms with Crippen LogP contribution in [0.15, 0.2) is 0 Å². The van der Waals surface area contributed by atoms with Gasteiger partial charge in [-0.05, 0) is 6.42 Å². The highest BCUT2D eigenvalue weighted by Crippen LogP contribution is 2.10. The number of sulfone groups is 1. The Bertz CT molecular complexity index is 259. The van der Waals surface area contributed by atoms with Gasteiger partial charge in [-0.2, -0.15) is 0 Å². The zero-order chi connectivity index (χ0) is 8.48. The van der Waals surface area contributed by atoms with Gasteiger partial charge in [-0.3, -0.25) is 4.21 Å². The average molecular weight is 198 g/mol. The molecular weight excluding hydrogens is 190 g/mol. The quantitative estimate of drug-likeness (QED) is 0.550. The van der Waals surface area contributed by atoms with Crippen LogP contribution in [0.4, 0.5) is 0 Å². The van der Waals surface area contributed by atoms with E-state index in [0.717, 1.165) is 0 Å². The molecule has 0 bridgehead atoms. The molecule has 0 aromatic rings. The molecule has 0 spiro atoms. The molecule has 1 rings (SSSR count). The Balaban J connectivity index is 2.49. The molecule has 2 atom stereocenters. The van der Waals surface area contributed by atoms with E-state index in [2.05, 4.69) is 4.72 Å². The van der Waals surface area contributed by atoms with Crippen LogP contribution in [0, 0.1) is 0 Å². The van der Waals surface area contributed by atoms with Gasteiger partial charge < -0.3 is 4.55 Å². The van der Waals surface area contributed by atoms with Crippen molar-refractivity contribution < 1.29 is 17.2 Å². The molecule has 7 heteroatoms. The smallest absolute Gasteiger partial charge is 0.151 e. The van der Waals surface area contributed by atoms with Crippen LogP contribution in [0.25, 0.3) is 0 Å². The van der Waals surface area contributed by atoms with E-state index in [0.29, 0.717) is 6.42 Å². The average Bonchev–Trinajstić information content (AvgIpc) is 2.08. The standard InChI is InChI=1S/C4H9NO4S2/c6-10(7)5-4-1-2-11(8,9)3-4/h4-5H,1-3H2,(H,6,7)/p-1. The zero-order valence-electron chi connectivity index (χ0n) is 5.65. The van der Waals surface area contributed by atoms with Crippen molar-refractivity contribution >= 4 is 21.1 Å². The summed E-state index contributed by atoms with van der Waals surface area (Å²) in [6.07, 6.45) is 0.385. The molecule has 1 aliphatic rings. The van der Waals surface area contributed by atoms with E-state index < -0.39 is 27.1 Å². The molecule has 1 aliphatic heterocycles. The molecule has 5 nitrogen and oxygen atoms in total. The van der Waals surface area contributed by atoms with Crippen molar-refractivity contribution in [3.8, 4) is 0 Å².